The van der Waals surface area contributed by atoms with Crippen LogP contribution in [0.5, 0.6) is 0 Å². The molecule has 0 radical (unpaired) electrons. The summed E-state index contributed by atoms with van der Waals surface area (Å²) in [7, 11) is 0. The van der Waals surface area contributed by atoms with Gasteiger partial charge in [0, 0.05) is 0 Å². The Kier molecular flexibility index (Phi) is 3.97. The molecule has 0 aliphatic heterocycles. The molecule has 0 rings (SSSR count). The van der Waals surface area contributed by atoms with Crippen LogP contribution in [-0.4, -0.2) is 11.5 Å². The van der Waals surface area contributed by atoms with Gasteiger partial charge in [-0.25, -0.2) is 0 Å². The fourth-order valence-electron chi connectivity index (χ4n) is 0.539. The molecule has 1 nitrogen and oxygen atoms in total. The molecule has 48 valence electrons. The third-order valence-electron chi connectivity index (χ3n) is 0.870. The normalized spacial score (nSPS) is 14.0. The van der Waals surface area contributed by atoms with Crippen molar-refractivity contribution in [3.63, 3.8) is 0 Å². The van der Waals surface area contributed by atoms with Crippen LogP contribution in [0.1, 0.15) is 20.3 Å². The summed E-state index contributed by atoms with van der Waals surface area (Å²) in [6.07, 6.45) is 1.76. The molecule has 0 aromatic carbocycles. The minimum absolute atomic E-state index is 0.0602. The van der Waals surface area contributed by atoms with Crippen molar-refractivity contribution in [2.45, 2.75) is 25.5 Å². The Balaban J connectivity index is 3.23. The largest absolute Gasteiger partial charge is 0.302 e. The molecule has 8 heavy (non-hydrogen) atoms. The lowest BCUT2D eigenvalue weighted by Crippen LogP contribution is -2.03. The maximum Gasteiger partial charge on any atom is 0.132 e. The number of aldehydes is 1. The highest BCUT2D eigenvalue weighted by Gasteiger charge is 2.01. The Morgan fingerprint density at radius 1 is 1.62 bits per heavy atom. The van der Waals surface area contributed by atoms with E-state index < -0.39 is 0 Å². The molecule has 0 heterocycles. The summed E-state index contributed by atoms with van der Waals surface area (Å²) in [4.78, 5) is 9.96. The third-order valence-corrected chi connectivity index (χ3v) is 1.20. The lowest BCUT2D eigenvalue weighted by atomic mass is 10.1. The van der Waals surface area contributed by atoms with E-state index in [1.165, 1.54) is 0 Å². The molecule has 0 spiro atoms. The van der Waals surface area contributed by atoms with Crippen molar-refractivity contribution in [2.75, 3.05) is 0 Å². The first-order valence-corrected chi connectivity index (χ1v) is 3.31. The number of hydrogen-bond acceptors (Lipinski definition) is 2. The summed E-state index contributed by atoms with van der Waals surface area (Å²) in [6, 6.07) is 0. The van der Waals surface area contributed by atoms with Crippen molar-refractivity contribution in [1.82, 2.24) is 0 Å². The average Bonchev–Trinajstić information content (AvgIpc) is 1.65. The van der Waals surface area contributed by atoms with Crippen LogP contribution < -0.4 is 0 Å². The fourth-order valence-corrected chi connectivity index (χ4v) is 0.960. The monoisotopic (exact) mass is 132 g/mol. The second-order valence-electron chi connectivity index (χ2n) is 2.33. The van der Waals surface area contributed by atoms with E-state index >= 15 is 0 Å². The molecule has 0 saturated heterocycles. The van der Waals surface area contributed by atoms with Crippen LogP contribution in [0.25, 0.3) is 0 Å². The van der Waals surface area contributed by atoms with Gasteiger partial charge in [-0.05, 0) is 12.3 Å². The highest BCUT2D eigenvalue weighted by atomic mass is 32.1. The van der Waals surface area contributed by atoms with Gasteiger partial charge in [-0.2, -0.15) is 12.6 Å². The SMILES string of the molecule is CC(C)C[C@H](S)C=O. The van der Waals surface area contributed by atoms with Crippen LogP contribution in [0.15, 0.2) is 0 Å². The summed E-state index contributed by atoms with van der Waals surface area (Å²) < 4.78 is 0. The van der Waals surface area contributed by atoms with Gasteiger partial charge in [0.1, 0.15) is 6.29 Å². The van der Waals surface area contributed by atoms with Gasteiger partial charge in [0.2, 0.25) is 0 Å². The molecule has 0 fully saturated rings. The van der Waals surface area contributed by atoms with E-state index in [4.69, 9.17) is 0 Å². The Hall–Kier alpha value is 0.0200. The lowest BCUT2D eigenvalue weighted by Gasteiger charge is -2.03. The van der Waals surface area contributed by atoms with E-state index in [2.05, 4.69) is 26.5 Å². The van der Waals surface area contributed by atoms with E-state index in [-0.39, 0.29) is 5.25 Å². The number of rotatable bonds is 3. The minimum atomic E-state index is -0.0602. The molecule has 0 aliphatic rings. The Morgan fingerprint density at radius 3 is 2.25 bits per heavy atom. The number of carbonyl (C=O) groups excluding carboxylic acids is 1. The van der Waals surface area contributed by atoms with Gasteiger partial charge in [-0.1, -0.05) is 13.8 Å². The lowest BCUT2D eigenvalue weighted by molar-refractivity contribution is -0.107. The van der Waals surface area contributed by atoms with Crippen LogP contribution in [0.2, 0.25) is 0 Å². The van der Waals surface area contributed by atoms with E-state index in [1.807, 2.05) is 0 Å². The Labute approximate surface area is 55.9 Å². The average molecular weight is 132 g/mol. The summed E-state index contributed by atoms with van der Waals surface area (Å²) in [5.41, 5.74) is 0. The van der Waals surface area contributed by atoms with Crippen molar-refractivity contribution in [1.29, 1.82) is 0 Å². The van der Waals surface area contributed by atoms with E-state index in [0.29, 0.717) is 5.92 Å². The van der Waals surface area contributed by atoms with Crippen molar-refractivity contribution in [2.24, 2.45) is 5.92 Å². The summed E-state index contributed by atoms with van der Waals surface area (Å²) >= 11 is 4.00. The zero-order valence-electron chi connectivity index (χ0n) is 5.29. The molecule has 0 aliphatic carbocycles. The van der Waals surface area contributed by atoms with Crippen LogP contribution in [0.4, 0.5) is 0 Å². The second-order valence-corrected chi connectivity index (χ2v) is 3.00. The molecule has 0 amide bonds. The van der Waals surface area contributed by atoms with Crippen molar-refractivity contribution in [3.8, 4) is 0 Å². The number of carbonyl (C=O) groups is 1. The molecule has 0 bridgehead atoms. The number of hydrogen-bond donors (Lipinski definition) is 1. The molecular weight excluding hydrogens is 120 g/mol. The van der Waals surface area contributed by atoms with E-state index in [0.717, 1.165) is 12.7 Å². The second kappa shape index (κ2) is 3.96. The van der Waals surface area contributed by atoms with Gasteiger partial charge in [0.05, 0.1) is 5.25 Å². The standard InChI is InChI=1S/C6H12OS/c1-5(2)3-6(8)4-7/h4-6,8H,3H2,1-2H3/t6-/m0/s1. The van der Waals surface area contributed by atoms with Crippen LogP contribution in [0, 0.1) is 5.92 Å². The summed E-state index contributed by atoms with van der Waals surface area (Å²) in [6.45, 7) is 4.15. The van der Waals surface area contributed by atoms with Crippen LogP contribution in [-0.2, 0) is 4.79 Å². The zero-order valence-corrected chi connectivity index (χ0v) is 6.19. The first-order chi connectivity index (χ1) is 3.66. The maximum atomic E-state index is 9.96. The quantitative estimate of drug-likeness (QED) is 0.455. The van der Waals surface area contributed by atoms with E-state index in [9.17, 15) is 4.79 Å². The molecule has 0 N–H and O–H groups in total. The molecule has 2 heteroatoms. The Morgan fingerprint density at radius 2 is 2.12 bits per heavy atom. The third kappa shape index (κ3) is 4.19. The van der Waals surface area contributed by atoms with Gasteiger partial charge >= 0.3 is 0 Å². The van der Waals surface area contributed by atoms with Crippen molar-refractivity contribution in [3.05, 3.63) is 0 Å². The van der Waals surface area contributed by atoms with Gasteiger partial charge in [-0.15, -0.1) is 0 Å². The predicted molar refractivity (Wildman–Crippen MR) is 38.3 cm³/mol. The summed E-state index contributed by atoms with van der Waals surface area (Å²) in [5, 5.41) is -0.0602. The predicted octanol–water partition coefficient (Wildman–Crippen LogP) is 1.53. The first-order valence-electron chi connectivity index (χ1n) is 2.80. The molecule has 0 unspecified atom stereocenters. The maximum absolute atomic E-state index is 9.96. The highest BCUT2D eigenvalue weighted by Crippen LogP contribution is 2.06. The molecular formula is C6H12OS. The first kappa shape index (κ1) is 8.02. The zero-order chi connectivity index (χ0) is 6.57. The Bertz CT molecular complexity index is 70.9. The minimum Gasteiger partial charge on any atom is -0.302 e. The molecule has 0 aromatic rings. The van der Waals surface area contributed by atoms with Gasteiger partial charge in [0.25, 0.3) is 0 Å². The fraction of sp³-hybridized carbons (Fsp3) is 0.833. The molecule has 0 saturated carbocycles. The molecule has 0 aromatic heterocycles. The van der Waals surface area contributed by atoms with Gasteiger partial charge < -0.3 is 4.79 Å². The summed E-state index contributed by atoms with van der Waals surface area (Å²) in [5.74, 6) is 0.572. The van der Waals surface area contributed by atoms with Gasteiger partial charge in [-0.3, -0.25) is 0 Å². The van der Waals surface area contributed by atoms with Crippen molar-refractivity contribution < 1.29 is 4.79 Å². The van der Waals surface area contributed by atoms with Gasteiger partial charge in [0.15, 0.2) is 0 Å². The van der Waals surface area contributed by atoms with Crippen LogP contribution in [0.3, 0.4) is 0 Å². The smallest absolute Gasteiger partial charge is 0.132 e. The van der Waals surface area contributed by atoms with Crippen LogP contribution >= 0.6 is 12.6 Å². The van der Waals surface area contributed by atoms with Crippen molar-refractivity contribution >= 4 is 18.9 Å². The van der Waals surface area contributed by atoms with E-state index in [1.54, 1.807) is 0 Å². The molecule has 1 atom stereocenters. The topological polar surface area (TPSA) is 17.1 Å². The number of thiol groups is 1. The highest BCUT2D eigenvalue weighted by molar-refractivity contribution is 7.81.